The predicted molar refractivity (Wildman–Crippen MR) is 86.9 cm³/mol. The van der Waals surface area contributed by atoms with E-state index >= 15 is 0 Å². The fraction of sp³-hybridized carbons (Fsp3) is 0.333. The van der Waals surface area contributed by atoms with Crippen molar-refractivity contribution in [3.8, 4) is 0 Å². The Hall–Kier alpha value is -1.21. The summed E-state index contributed by atoms with van der Waals surface area (Å²) in [5.41, 5.74) is 1.75. The molecule has 2 N–H and O–H groups in total. The Morgan fingerprint density at radius 1 is 1.14 bits per heavy atom. The molecular formula is C15H20N2O2S2. The molecule has 21 heavy (non-hydrogen) atoms. The van der Waals surface area contributed by atoms with Gasteiger partial charge in [-0.05, 0) is 30.0 Å². The number of hydrogen-bond donors (Lipinski definition) is 2. The molecule has 0 fully saturated rings. The van der Waals surface area contributed by atoms with E-state index in [1.807, 2.05) is 49.6 Å². The lowest BCUT2D eigenvalue weighted by molar-refractivity contribution is 0.579. The Bertz CT molecular complexity index is 679. The Morgan fingerprint density at radius 2 is 1.86 bits per heavy atom. The van der Waals surface area contributed by atoms with Gasteiger partial charge in [-0.2, -0.15) is 0 Å². The lowest BCUT2D eigenvalue weighted by Crippen LogP contribution is -2.25. The average molecular weight is 324 g/mol. The van der Waals surface area contributed by atoms with Gasteiger partial charge in [-0.1, -0.05) is 37.3 Å². The molecule has 0 radical (unpaired) electrons. The van der Waals surface area contributed by atoms with Crippen molar-refractivity contribution >= 4 is 21.4 Å². The summed E-state index contributed by atoms with van der Waals surface area (Å²) in [5.74, 6) is 0. The van der Waals surface area contributed by atoms with Crippen molar-refractivity contribution in [3.63, 3.8) is 0 Å². The molecule has 2 aromatic rings. The summed E-state index contributed by atoms with van der Waals surface area (Å²) in [5, 5.41) is 5.07. The molecule has 0 aliphatic carbocycles. The highest BCUT2D eigenvalue weighted by molar-refractivity contribution is 7.89. The van der Waals surface area contributed by atoms with Crippen LogP contribution in [0.1, 0.15) is 22.9 Å². The number of rotatable bonds is 7. The first-order chi connectivity index (χ1) is 10.0. The zero-order valence-corrected chi connectivity index (χ0v) is 13.9. The van der Waals surface area contributed by atoms with Crippen LogP contribution in [0.5, 0.6) is 0 Å². The van der Waals surface area contributed by atoms with Crippen LogP contribution in [-0.2, 0) is 23.1 Å². The van der Waals surface area contributed by atoms with Gasteiger partial charge in [-0.25, -0.2) is 13.1 Å². The monoisotopic (exact) mass is 324 g/mol. The normalized spacial score (nSPS) is 11.7. The Kier molecular flexibility index (Phi) is 5.52. The number of nitrogens with one attached hydrogen (secondary N) is 2. The maximum absolute atomic E-state index is 12.5. The Labute approximate surface area is 130 Å². The largest absolute Gasteiger partial charge is 0.312 e. The van der Waals surface area contributed by atoms with Crippen LogP contribution < -0.4 is 10.0 Å². The molecule has 1 heterocycles. The third-order valence-electron chi connectivity index (χ3n) is 3.10. The molecule has 6 heteroatoms. The van der Waals surface area contributed by atoms with Gasteiger partial charge in [0.1, 0.15) is 4.90 Å². The van der Waals surface area contributed by atoms with Gasteiger partial charge in [-0.3, -0.25) is 0 Å². The van der Waals surface area contributed by atoms with Gasteiger partial charge in [0.15, 0.2) is 0 Å². The summed E-state index contributed by atoms with van der Waals surface area (Å²) in [6.45, 7) is 5.54. The van der Waals surface area contributed by atoms with Crippen molar-refractivity contribution in [1.82, 2.24) is 10.0 Å². The first-order valence-corrected chi connectivity index (χ1v) is 9.22. The smallest absolute Gasteiger partial charge is 0.242 e. The van der Waals surface area contributed by atoms with E-state index in [0.29, 0.717) is 18.0 Å². The van der Waals surface area contributed by atoms with Gasteiger partial charge >= 0.3 is 0 Å². The maximum Gasteiger partial charge on any atom is 0.242 e. The molecule has 0 amide bonds. The van der Waals surface area contributed by atoms with Crippen molar-refractivity contribution in [2.75, 3.05) is 6.54 Å². The van der Waals surface area contributed by atoms with E-state index < -0.39 is 10.0 Å². The predicted octanol–water partition coefficient (Wildman–Crippen LogP) is 2.64. The van der Waals surface area contributed by atoms with Crippen molar-refractivity contribution < 1.29 is 8.42 Å². The van der Waals surface area contributed by atoms with Gasteiger partial charge in [0.2, 0.25) is 10.0 Å². The number of aryl methyl sites for hydroxylation is 1. The molecule has 4 nitrogen and oxygen atoms in total. The van der Waals surface area contributed by atoms with Gasteiger partial charge < -0.3 is 5.32 Å². The molecule has 0 atom stereocenters. The van der Waals surface area contributed by atoms with Crippen LogP contribution in [0.3, 0.4) is 0 Å². The van der Waals surface area contributed by atoms with Crippen LogP contribution in [0.4, 0.5) is 0 Å². The van der Waals surface area contributed by atoms with E-state index in [9.17, 15) is 8.42 Å². The van der Waals surface area contributed by atoms with E-state index in [1.165, 1.54) is 11.3 Å². The highest BCUT2D eigenvalue weighted by Gasteiger charge is 2.22. The molecule has 1 aromatic heterocycles. The standard InChI is InChI=1S/C15H20N2O2S2/c1-3-16-10-14-15(12(2)11-20-14)21(18,19)17-9-13-7-5-4-6-8-13/h4-8,11,16-17H,3,9-10H2,1-2H3. The summed E-state index contributed by atoms with van der Waals surface area (Å²) in [7, 11) is -3.49. The number of hydrogen-bond acceptors (Lipinski definition) is 4. The van der Waals surface area contributed by atoms with Gasteiger partial charge in [0, 0.05) is 18.0 Å². The molecule has 0 bridgehead atoms. The first kappa shape index (κ1) is 16.2. The summed E-state index contributed by atoms with van der Waals surface area (Å²) in [4.78, 5) is 1.28. The molecule has 0 spiro atoms. The van der Waals surface area contributed by atoms with Gasteiger partial charge in [-0.15, -0.1) is 11.3 Å². The van der Waals surface area contributed by atoms with Crippen molar-refractivity contribution in [2.45, 2.75) is 31.8 Å². The lowest BCUT2D eigenvalue weighted by atomic mass is 10.2. The molecule has 0 unspecified atom stereocenters. The fourth-order valence-electron chi connectivity index (χ4n) is 2.06. The second-order valence-corrected chi connectivity index (χ2v) is 7.43. The Morgan fingerprint density at radius 3 is 2.52 bits per heavy atom. The van der Waals surface area contributed by atoms with Crippen LogP contribution in [-0.4, -0.2) is 15.0 Å². The van der Waals surface area contributed by atoms with E-state index in [1.54, 1.807) is 0 Å². The van der Waals surface area contributed by atoms with Gasteiger partial charge in [0.05, 0.1) is 0 Å². The third kappa shape index (κ3) is 4.14. The second-order valence-electron chi connectivity index (χ2n) is 4.76. The van der Waals surface area contributed by atoms with E-state index in [2.05, 4.69) is 10.0 Å². The molecule has 0 aliphatic rings. The summed E-state index contributed by atoms with van der Waals surface area (Å²) in [6.07, 6.45) is 0. The summed E-state index contributed by atoms with van der Waals surface area (Å²) < 4.78 is 27.8. The first-order valence-electron chi connectivity index (χ1n) is 6.86. The van der Waals surface area contributed by atoms with Crippen LogP contribution in [0.2, 0.25) is 0 Å². The van der Waals surface area contributed by atoms with Crippen LogP contribution >= 0.6 is 11.3 Å². The zero-order chi connectivity index (χ0) is 15.3. The minimum Gasteiger partial charge on any atom is -0.312 e. The van der Waals surface area contributed by atoms with Crippen molar-refractivity contribution in [3.05, 3.63) is 51.7 Å². The highest BCUT2D eigenvalue weighted by Crippen LogP contribution is 2.26. The van der Waals surface area contributed by atoms with Crippen molar-refractivity contribution in [1.29, 1.82) is 0 Å². The van der Waals surface area contributed by atoms with E-state index in [-0.39, 0.29) is 0 Å². The molecule has 0 aliphatic heterocycles. The molecular weight excluding hydrogens is 304 g/mol. The zero-order valence-electron chi connectivity index (χ0n) is 12.2. The average Bonchev–Trinajstić information content (AvgIpc) is 2.86. The summed E-state index contributed by atoms with van der Waals surface area (Å²) in [6, 6.07) is 9.52. The number of thiophene rings is 1. The number of benzene rings is 1. The maximum atomic E-state index is 12.5. The fourth-order valence-corrected chi connectivity index (χ4v) is 4.85. The highest BCUT2D eigenvalue weighted by atomic mass is 32.2. The second kappa shape index (κ2) is 7.17. The van der Waals surface area contributed by atoms with E-state index in [4.69, 9.17) is 0 Å². The van der Waals surface area contributed by atoms with Gasteiger partial charge in [0.25, 0.3) is 0 Å². The minimum absolute atomic E-state index is 0.305. The van der Waals surface area contributed by atoms with Crippen LogP contribution in [0.15, 0.2) is 40.6 Å². The summed E-state index contributed by atoms with van der Waals surface area (Å²) >= 11 is 1.48. The topological polar surface area (TPSA) is 58.2 Å². The van der Waals surface area contributed by atoms with Crippen molar-refractivity contribution in [2.24, 2.45) is 0 Å². The minimum atomic E-state index is -3.49. The van der Waals surface area contributed by atoms with Crippen LogP contribution in [0, 0.1) is 6.92 Å². The molecule has 114 valence electrons. The van der Waals surface area contributed by atoms with E-state index in [0.717, 1.165) is 22.5 Å². The lowest BCUT2D eigenvalue weighted by Gasteiger charge is -2.09. The number of sulfonamides is 1. The molecule has 0 saturated carbocycles. The molecule has 1 aromatic carbocycles. The third-order valence-corrected chi connectivity index (χ3v) is 5.97. The quantitative estimate of drug-likeness (QED) is 0.823. The molecule has 2 rings (SSSR count). The van der Waals surface area contributed by atoms with Crippen LogP contribution in [0.25, 0.3) is 0 Å². The molecule has 0 saturated heterocycles. The SMILES string of the molecule is CCNCc1scc(C)c1S(=O)(=O)NCc1ccccc1. The Balaban J connectivity index is 2.17.